The SMILES string of the molecule is [N-]=[N+]=Nc1ccc(C2=NCCc3ccccc32)cc1. The Hall–Kier alpha value is -2.58. The summed E-state index contributed by atoms with van der Waals surface area (Å²) in [5.74, 6) is 0. The number of azide groups is 1. The second kappa shape index (κ2) is 4.96. The van der Waals surface area contributed by atoms with Crippen LogP contribution in [0.15, 0.2) is 58.6 Å². The molecule has 2 aromatic carbocycles. The molecule has 0 aliphatic carbocycles. The zero-order chi connectivity index (χ0) is 13.1. The molecular weight excluding hydrogens is 236 g/mol. The van der Waals surface area contributed by atoms with Gasteiger partial charge in [-0.15, -0.1) is 0 Å². The highest BCUT2D eigenvalue weighted by Gasteiger charge is 2.14. The van der Waals surface area contributed by atoms with Crippen molar-refractivity contribution in [2.75, 3.05) is 6.54 Å². The van der Waals surface area contributed by atoms with E-state index < -0.39 is 0 Å². The summed E-state index contributed by atoms with van der Waals surface area (Å²) >= 11 is 0. The Labute approximate surface area is 111 Å². The molecule has 0 N–H and O–H groups in total. The fraction of sp³-hybridized carbons (Fsp3) is 0.133. The Morgan fingerprint density at radius 2 is 1.84 bits per heavy atom. The van der Waals surface area contributed by atoms with E-state index in [2.05, 4.69) is 33.2 Å². The summed E-state index contributed by atoms with van der Waals surface area (Å²) in [6, 6.07) is 15.9. The molecule has 2 aromatic rings. The number of hydrogen-bond acceptors (Lipinski definition) is 2. The molecule has 92 valence electrons. The van der Waals surface area contributed by atoms with Gasteiger partial charge in [-0.1, -0.05) is 53.6 Å². The predicted molar refractivity (Wildman–Crippen MR) is 75.9 cm³/mol. The average molecular weight is 248 g/mol. The van der Waals surface area contributed by atoms with Crippen molar-refractivity contribution in [3.63, 3.8) is 0 Å². The second-order valence-corrected chi connectivity index (χ2v) is 4.37. The first-order valence-electron chi connectivity index (χ1n) is 6.17. The summed E-state index contributed by atoms with van der Waals surface area (Å²) in [7, 11) is 0. The summed E-state index contributed by atoms with van der Waals surface area (Å²) < 4.78 is 0. The van der Waals surface area contributed by atoms with E-state index in [1.807, 2.05) is 30.3 Å². The molecule has 0 saturated heterocycles. The molecular formula is C15H12N4. The van der Waals surface area contributed by atoms with E-state index in [-0.39, 0.29) is 0 Å². The van der Waals surface area contributed by atoms with Crippen LogP contribution < -0.4 is 0 Å². The lowest BCUT2D eigenvalue weighted by Gasteiger charge is -2.16. The third-order valence-electron chi connectivity index (χ3n) is 3.22. The Morgan fingerprint density at radius 1 is 1.05 bits per heavy atom. The van der Waals surface area contributed by atoms with Gasteiger partial charge in [0.2, 0.25) is 0 Å². The van der Waals surface area contributed by atoms with E-state index in [9.17, 15) is 0 Å². The van der Waals surface area contributed by atoms with E-state index >= 15 is 0 Å². The molecule has 19 heavy (non-hydrogen) atoms. The molecule has 0 unspecified atom stereocenters. The highest BCUT2D eigenvalue weighted by molar-refractivity contribution is 6.14. The van der Waals surface area contributed by atoms with Crippen molar-refractivity contribution in [1.29, 1.82) is 0 Å². The van der Waals surface area contributed by atoms with Crippen LogP contribution in [-0.2, 0) is 6.42 Å². The van der Waals surface area contributed by atoms with Gasteiger partial charge in [0.05, 0.1) is 5.71 Å². The van der Waals surface area contributed by atoms with Crippen molar-refractivity contribution in [1.82, 2.24) is 0 Å². The molecule has 0 spiro atoms. The maximum atomic E-state index is 8.40. The molecule has 0 aromatic heterocycles. The van der Waals surface area contributed by atoms with E-state index in [0.717, 1.165) is 24.2 Å². The number of fused-ring (bicyclic) bond motifs is 1. The molecule has 0 amide bonds. The first kappa shape index (κ1) is 11.5. The third-order valence-corrected chi connectivity index (χ3v) is 3.22. The fourth-order valence-corrected chi connectivity index (χ4v) is 2.33. The van der Waals surface area contributed by atoms with Gasteiger partial charge in [-0.3, -0.25) is 4.99 Å². The van der Waals surface area contributed by atoms with E-state index in [0.29, 0.717) is 5.69 Å². The fourth-order valence-electron chi connectivity index (χ4n) is 2.33. The number of aliphatic imine (C=N–C) groups is 1. The minimum atomic E-state index is 0.621. The highest BCUT2D eigenvalue weighted by atomic mass is 15.1. The smallest absolute Gasteiger partial charge is 0.0721 e. The predicted octanol–water partition coefficient (Wildman–Crippen LogP) is 4.02. The van der Waals surface area contributed by atoms with E-state index in [1.54, 1.807) is 0 Å². The van der Waals surface area contributed by atoms with Crippen LogP contribution in [0, 0.1) is 0 Å². The van der Waals surface area contributed by atoms with Crippen molar-refractivity contribution in [3.05, 3.63) is 75.7 Å². The van der Waals surface area contributed by atoms with Crippen molar-refractivity contribution in [2.24, 2.45) is 10.1 Å². The van der Waals surface area contributed by atoms with Gasteiger partial charge in [0.1, 0.15) is 0 Å². The zero-order valence-corrected chi connectivity index (χ0v) is 10.3. The van der Waals surface area contributed by atoms with Crippen LogP contribution in [0.25, 0.3) is 10.4 Å². The van der Waals surface area contributed by atoms with Crippen molar-refractivity contribution >= 4 is 11.4 Å². The van der Waals surface area contributed by atoms with E-state index in [1.165, 1.54) is 11.1 Å². The third kappa shape index (κ3) is 2.21. The molecule has 0 fully saturated rings. The maximum absolute atomic E-state index is 8.40. The molecule has 3 rings (SSSR count). The average Bonchev–Trinajstić information content (AvgIpc) is 2.48. The molecule has 0 radical (unpaired) electrons. The van der Waals surface area contributed by atoms with Crippen LogP contribution in [0.4, 0.5) is 5.69 Å². The number of benzene rings is 2. The lowest BCUT2D eigenvalue weighted by Crippen LogP contribution is -2.13. The summed E-state index contributed by atoms with van der Waals surface area (Å²) in [5, 5.41) is 3.58. The van der Waals surface area contributed by atoms with Gasteiger partial charge in [0.25, 0.3) is 0 Å². The van der Waals surface area contributed by atoms with Gasteiger partial charge in [-0.25, -0.2) is 0 Å². The van der Waals surface area contributed by atoms with Crippen LogP contribution in [0.3, 0.4) is 0 Å². The Kier molecular flexibility index (Phi) is 3.01. The normalized spacial score (nSPS) is 13.2. The van der Waals surface area contributed by atoms with Crippen LogP contribution in [-0.4, -0.2) is 12.3 Å². The van der Waals surface area contributed by atoms with Crippen LogP contribution in [0.1, 0.15) is 16.7 Å². The first-order valence-corrected chi connectivity index (χ1v) is 6.17. The maximum Gasteiger partial charge on any atom is 0.0721 e. The number of nitrogens with zero attached hydrogens (tertiary/aromatic N) is 4. The molecule has 1 aliphatic rings. The Bertz CT molecular complexity index is 680. The zero-order valence-electron chi connectivity index (χ0n) is 10.3. The molecule has 0 bridgehead atoms. The summed E-state index contributed by atoms with van der Waals surface area (Å²) in [5.41, 5.74) is 13.6. The lowest BCUT2D eigenvalue weighted by molar-refractivity contribution is 0.944. The number of hydrogen-bond donors (Lipinski definition) is 0. The monoisotopic (exact) mass is 248 g/mol. The minimum Gasteiger partial charge on any atom is -0.284 e. The second-order valence-electron chi connectivity index (χ2n) is 4.37. The lowest BCUT2D eigenvalue weighted by atomic mass is 9.93. The van der Waals surface area contributed by atoms with Crippen LogP contribution in [0.2, 0.25) is 0 Å². The molecule has 0 saturated carbocycles. The van der Waals surface area contributed by atoms with E-state index in [4.69, 9.17) is 5.53 Å². The van der Waals surface area contributed by atoms with Gasteiger partial charge in [0, 0.05) is 28.3 Å². The van der Waals surface area contributed by atoms with Gasteiger partial charge >= 0.3 is 0 Å². The molecule has 0 atom stereocenters. The van der Waals surface area contributed by atoms with Crippen LogP contribution in [0.5, 0.6) is 0 Å². The summed E-state index contributed by atoms with van der Waals surface area (Å²) in [6.45, 7) is 0.824. The largest absolute Gasteiger partial charge is 0.284 e. The first-order chi connectivity index (χ1) is 9.38. The molecule has 4 heteroatoms. The minimum absolute atomic E-state index is 0.621. The van der Waals surface area contributed by atoms with Crippen molar-refractivity contribution in [2.45, 2.75) is 6.42 Å². The van der Waals surface area contributed by atoms with Gasteiger partial charge in [0.15, 0.2) is 0 Å². The Morgan fingerprint density at radius 3 is 2.63 bits per heavy atom. The topological polar surface area (TPSA) is 61.1 Å². The highest BCUT2D eigenvalue weighted by Crippen LogP contribution is 2.22. The number of rotatable bonds is 2. The Balaban J connectivity index is 2.02. The van der Waals surface area contributed by atoms with Crippen molar-refractivity contribution < 1.29 is 0 Å². The van der Waals surface area contributed by atoms with Crippen molar-refractivity contribution in [3.8, 4) is 0 Å². The standard InChI is InChI=1S/C15H12N4/c16-19-18-13-7-5-12(6-8-13)15-14-4-2-1-3-11(14)9-10-17-15/h1-8H,9-10H2. The summed E-state index contributed by atoms with van der Waals surface area (Å²) in [4.78, 5) is 7.41. The van der Waals surface area contributed by atoms with Crippen LogP contribution >= 0.6 is 0 Å². The molecule has 4 nitrogen and oxygen atoms in total. The van der Waals surface area contributed by atoms with Gasteiger partial charge < -0.3 is 0 Å². The summed E-state index contributed by atoms with van der Waals surface area (Å²) in [6.07, 6.45) is 0.997. The molecule has 1 heterocycles. The molecule has 1 aliphatic heterocycles. The quantitative estimate of drug-likeness (QED) is 0.438. The van der Waals surface area contributed by atoms with Gasteiger partial charge in [-0.2, -0.15) is 0 Å². The van der Waals surface area contributed by atoms with Gasteiger partial charge in [-0.05, 0) is 17.5 Å².